The quantitative estimate of drug-likeness (QED) is 0.629. The molecule has 1 fully saturated rings. The largest absolute Gasteiger partial charge is 0.451 e. The maximum atomic E-state index is 13.1. The van der Waals surface area contributed by atoms with E-state index in [1.54, 1.807) is 6.07 Å². The molecule has 0 aliphatic carbocycles. The van der Waals surface area contributed by atoms with Crippen molar-refractivity contribution in [3.05, 3.63) is 40.4 Å². The molecule has 1 unspecified atom stereocenters. The average Bonchev–Trinajstić information content (AvgIpc) is 3.17. The number of para-hydroxylation sites is 1. The first-order valence-corrected chi connectivity index (χ1v) is 6.39. The number of rotatable bonds is 2. The lowest BCUT2D eigenvalue weighted by molar-refractivity contribution is -0.147. The summed E-state index contributed by atoms with van der Waals surface area (Å²) in [6.07, 6.45) is -4.71. The molecule has 1 aliphatic heterocycles. The molecule has 1 aromatic carbocycles. The van der Waals surface area contributed by atoms with Crippen LogP contribution in [0.4, 0.5) is 13.2 Å². The molecule has 2 heterocycles. The van der Waals surface area contributed by atoms with Crippen LogP contribution in [0.3, 0.4) is 0 Å². The first kappa shape index (κ1) is 13.2. The molecule has 0 spiro atoms. The molecule has 20 heavy (non-hydrogen) atoms. The lowest BCUT2D eigenvalue weighted by Gasteiger charge is -2.16. The second-order valence-corrected chi connectivity index (χ2v) is 4.81. The Morgan fingerprint density at radius 1 is 1.35 bits per heavy atom. The Kier molecular flexibility index (Phi) is 2.89. The summed E-state index contributed by atoms with van der Waals surface area (Å²) in [7, 11) is 0. The van der Waals surface area contributed by atoms with E-state index in [0.717, 1.165) is 0 Å². The average molecular weight is 304 g/mol. The fourth-order valence-corrected chi connectivity index (χ4v) is 2.34. The minimum absolute atomic E-state index is 0.0327. The molecule has 4 nitrogen and oxygen atoms in total. The molecule has 0 amide bonds. The Bertz CT molecular complexity index is 728. The molecule has 2 aromatic rings. The van der Waals surface area contributed by atoms with Gasteiger partial charge in [-0.3, -0.25) is 9.80 Å². The van der Waals surface area contributed by atoms with E-state index < -0.39 is 17.6 Å². The molecular formula is C12H9ClF3N3O. The van der Waals surface area contributed by atoms with Crippen molar-refractivity contribution in [2.45, 2.75) is 12.2 Å². The molecule has 8 heteroatoms. The Labute approximate surface area is 116 Å². The molecule has 0 N–H and O–H groups in total. The van der Waals surface area contributed by atoms with Gasteiger partial charge in [-0.05, 0) is 12.1 Å². The Hall–Kier alpha value is -1.76. The van der Waals surface area contributed by atoms with E-state index in [0.29, 0.717) is 11.2 Å². The fourth-order valence-electron chi connectivity index (χ4n) is 2.09. The van der Waals surface area contributed by atoms with Crippen molar-refractivity contribution >= 4 is 22.5 Å². The molecule has 106 valence electrons. The van der Waals surface area contributed by atoms with Crippen molar-refractivity contribution in [2.24, 2.45) is 0 Å². The molecule has 1 aromatic heterocycles. The normalized spacial score (nSPS) is 18.6. The van der Waals surface area contributed by atoms with E-state index in [1.165, 1.54) is 23.2 Å². The van der Waals surface area contributed by atoms with Crippen molar-refractivity contribution in [3.63, 3.8) is 0 Å². The van der Waals surface area contributed by atoms with Crippen LogP contribution >= 0.6 is 11.6 Å². The summed E-state index contributed by atoms with van der Waals surface area (Å²) < 4.78 is 39.9. The third-order valence-electron chi connectivity index (χ3n) is 3.13. The van der Waals surface area contributed by atoms with Crippen LogP contribution in [-0.4, -0.2) is 28.1 Å². The van der Waals surface area contributed by atoms with Gasteiger partial charge in [0, 0.05) is 5.88 Å². The summed E-state index contributed by atoms with van der Waals surface area (Å²) in [5.74, 6) is -1.05. The first-order valence-electron chi connectivity index (χ1n) is 5.85. The summed E-state index contributed by atoms with van der Waals surface area (Å²) in [5.41, 5.74) is -0.694. The SMILES string of the molecule is O=c1c2ccccc2nc(C(F)(F)F)n1N1CC1CCl. The number of hydrogen-bond acceptors (Lipinski definition) is 3. The van der Waals surface area contributed by atoms with E-state index in [9.17, 15) is 18.0 Å². The van der Waals surface area contributed by atoms with Crippen LogP contribution < -0.4 is 10.6 Å². The van der Waals surface area contributed by atoms with Gasteiger partial charge >= 0.3 is 6.18 Å². The van der Waals surface area contributed by atoms with E-state index in [-0.39, 0.29) is 22.8 Å². The number of aromatic nitrogens is 2. The third-order valence-corrected chi connectivity index (χ3v) is 3.48. The van der Waals surface area contributed by atoms with Gasteiger partial charge in [-0.25, -0.2) is 4.98 Å². The van der Waals surface area contributed by atoms with Crippen LogP contribution in [0.2, 0.25) is 0 Å². The zero-order valence-electron chi connectivity index (χ0n) is 10.1. The van der Waals surface area contributed by atoms with E-state index >= 15 is 0 Å². The van der Waals surface area contributed by atoms with Crippen LogP contribution in [0.5, 0.6) is 0 Å². The van der Waals surface area contributed by atoms with Crippen molar-refractivity contribution < 1.29 is 13.2 Å². The molecule has 0 radical (unpaired) electrons. The summed E-state index contributed by atoms with van der Waals surface area (Å²) in [6, 6.07) is 5.71. The molecule has 0 bridgehead atoms. The molecule has 1 aliphatic rings. The van der Waals surface area contributed by atoms with Crippen LogP contribution in [0.25, 0.3) is 10.9 Å². The van der Waals surface area contributed by atoms with E-state index in [2.05, 4.69) is 4.98 Å². The van der Waals surface area contributed by atoms with Gasteiger partial charge in [0.2, 0.25) is 5.82 Å². The lowest BCUT2D eigenvalue weighted by Crippen LogP contribution is -2.37. The van der Waals surface area contributed by atoms with Gasteiger partial charge < -0.3 is 0 Å². The minimum Gasteiger partial charge on any atom is -0.300 e. The van der Waals surface area contributed by atoms with Gasteiger partial charge in [-0.15, -0.1) is 11.6 Å². The predicted octanol–water partition coefficient (Wildman–Crippen LogP) is 1.97. The number of benzene rings is 1. The number of nitrogens with zero attached hydrogens (tertiary/aromatic N) is 3. The van der Waals surface area contributed by atoms with Gasteiger partial charge in [0.15, 0.2) is 0 Å². The summed E-state index contributed by atoms with van der Waals surface area (Å²) in [4.78, 5) is 15.9. The Balaban J connectivity index is 2.30. The first-order chi connectivity index (χ1) is 9.43. The molecule has 1 saturated heterocycles. The van der Waals surface area contributed by atoms with Crippen LogP contribution in [-0.2, 0) is 6.18 Å². The van der Waals surface area contributed by atoms with Crippen LogP contribution in [0.1, 0.15) is 5.82 Å². The van der Waals surface area contributed by atoms with E-state index in [4.69, 9.17) is 11.6 Å². The summed E-state index contributed by atoms with van der Waals surface area (Å²) in [6.45, 7) is 0.312. The predicted molar refractivity (Wildman–Crippen MR) is 68.6 cm³/mol. The zero-order valence-corrected chi connectivity index (χ0v) is 10.8. The highest BCUT2D eigenvalue weighted by Crippen LogP contribution is 2.30. The van der Waals surface area contributed by atoms with Crippen molar-refractivity contribution in [2.75, 3.05) is 17.4 Å². The van der Waals surface area contributed by atoms with Crippen LogP contribution in [0, 0.1) is 0 Å². The van der Waals surface area contributed by atoms with Gasteiger partial charge in [0.1, 0.15) is 0 Å². The van der Waals surface area contributed by atoms with Crippen molar-refractivity contribution in [1.29, 1.82) is 0 Å². The second-order valence-electron chi connectivity index (χ2n) is 4.50. The van der Waals surface area contributed by atoms with Crippen LogP contribution in [0.15, 0.2) is 29.1 Å². The molecule has 1 atom stereocenters. The van der Waals surface area contributed by atoms with Crippen molar-refractivity contribution in [3.8, 4) is 0 Å². The molecule has 3 rings (SSSR count). The number of fused-ring (bicyclic) bond motifs is 1. The summed E-state index contributed by atoms with van der Waals surface area (Å²) in [5, 5.41) is 1.43. The third kappa shape index (κ3) is 2.02. The van der Waals surface area contributed by atoms with Gasteiger partial charge in [-0.1, -0.05) is 12.1 Å². The number of alkyl halides is 4. The Morgan fingerprint density at radius 3 is 2.65 bits per heavy atom. The molecular weight excluding hydrogens is 295 g/mol. The lowest BCUT2D eigenvalue weighted by atomic mass is 10.2. The van der Waals surface area contributed by atoms with Gasteiger partial charge in [0.25, 0.3) is 5.56 Å². The number of hydrogen-bond donors (Lipinski definition) is 0. The smallest absolute Gasteiger partial charge is 0.300 e. The van der Waals surface area contributed by atoms with Crippen molar-refractivity contribution in [1.82, 2.24) is 9.66 Å². The van der Waals surface area contributed by atoms with Gasteiger partial charge in [0.05, 0.1) is 23.5 Å². The van der Waals surface area contributed by atoms with E-state index in [1.807, 2.05) is 0 Å². The fraction of sp³-hybridized carbons (Fsp3) is 0.333. The summed E-state index contributed by atoms with van der Waals surface area (Å²) >= 11 is 5.62. The number of halogens is 4. The standard InChI is InChI=1S/C12H9ClF3N3O/c13-5-7-6-18(7)19-10(20)8-3-1-2-4-9(8)17-11(19)12(14,15)16/h1-4,7H,5-6H2. The minimum atomic E-state index is -4.71. The highest BCUT2D eigenvalue weighted by Gasteiger charge is 2.44. The topological polar surface area (TPSA) is 37.9 Å². The highest BCUT2D eigenvalue weighted by atomic mass is 35.5. The maximum absolute atomic E-state index is 13.1. The van der Waals surface area contributed by atoms with Gasteiger partial charge in [-0.2, -0.15) is 17.8 Å². The monoisotopic (exact) mass is 303 g/mol. The Morgan fingerprint density at radius 2 is 2.05 bits per heavy atom. The maximum Gasteiger partial charge on any atom is 0.451 e. The molecule has 0 saturated carbocycles. The highest BCUT2D eigenvalue weighted by molar-refractivity contribution is 6.18. The second kappa shape index (κ2) is 4.37. The zero-order chi connectivity index (χ0) is 14.5.